The third-order valence-corrected chi connectivity index (χ3v) is 2.13. The van der Waals surface area contributed by atoms with E-state index in [1.165, 1.54) is 0 Å². The summed E-state index contributed by atoms with van der Waals surface area (Å²) in [6.45, 7) is 0.645. The molecule has 0 aliphatic rings. The Bertz CT molecular complexity index is 244. The molecule has 0 aliphatic heterocycles. The van der Waals surface area contributed by atoms with Crippen molar-refractivity contribution in [3.8, 4) is 5.75 Å². The van der Waals surface area contributed by atoms with Gasteiger partial charge in [0.25, 0.3) is 0 Å². The van der Waals surface area contributed by atoms with Crippen molar-refractivity contribution in [2.45, 2.75) is 6.42 Å². The van der Waals surface area contributed by atoms with Crippen LogP contribution in [0.2, 0.25) is 0 Å². The van der Waals surface area contributed by atoms with Crippen molar-refractivity contribution in [2.75, 3.05) is 12.5 Å². The first-order chi connectivity index (χ1) is 5.84. The molecular formula is C8H9BrClNO. The van der Waals surface area contributed by atoms with Crippen LogP contribution in [-0.2, 0) is 0 Å². The van der Waals surface area contributed by atoms with Crippen LogP contribution < -0.4 is 4.74 Å². The average molecular weight is 251 g/mol. The largest absolute Gasteiger partial charge is 0.492 e. The van der Waals surface area contributed by atoms with Gasteiger partial charge >= 0.3 is 0 Å². The molecule has 0 bridgehead atoms. The molecule has 1 aromatic rings. The highest BCUT2D eigenvalue weighted by Crippen LogP contribution is 2.22. The van der Waals surface area contributed by atoms with Crippen LogP contribution in [0.3, 0.4) is 0 Å². The number of hydrogen-bond donors (Lipinski definition) is 0. The van der Waals surface area contributed by atoms with Crippen molar-refractivity contribution in [1.82, 2.24) is 4.98 Å². The quantitative estimate of drug-likeness (QED) is 0.605. The van der Waals surface area contributed by atoms with E-state index in [-0.39, 0.29) is 0 Å². The molecule has 0 aliphatic carbocycles. The molecule has 0 fully saturated rings. The number of halogens is 2. The molecule has 0 amide bonds. The van der Waals surface area contributed by atoms with Gasteiger partial charge in [-0.2, -0.15) is 0 Å². The minimum atomic E-state index is 0.628. The fourth-order valence-electron chi connectivity index (χ4n) is 0.716. The molecular weight excluding hydrogens is 241 g/mol. The molecule has 1 aromatic heterocycles. The Balaban J connectivity index is 2.46. The van der Waals surface area contributed by atoms with Gasteiger partial charge in [-0.3, -0.25) is 4.98 Å². The first-order valence-electron chi connectivity index (χ1n) is 3.63. The maximum Gasteiger partial charge on any atom is 0.136 e. The molecule has 0 radical (unpaired) electrons. The second kappa shape index (κ2) is 5.38. The molecule has 66 valence electrons. The summed E-state index contributed by atoms with van der Waals surface area (Å²) in [4.78, 5) is 3.92. The van der Waals surface area contributed by atoms with E-state index in [4.69, 9.17) is 16.3 Å². The summed E-state index contributed by atoms with van der Waals surface area (Å²) < 4.78 is 6.28. The second-order valence-electron chi connectivity index (χ2n) is 2.20. The van der Waals surface area contributed by atoms with Crippen LogP contribution in [0.5, 0.6) is 5.75 Å². The highest BCUT2D eigenvalue weighted by Gasteiger charge is 1.98. The van der Waals surface area contributed by atoms with E-state index in [1.54, 1.807) is 12.4 Å². The highest BCUT2D eigenvalue weighted by molar-refractivity contribution is 9.10. The lowest BCUT2D eigenvalue weighted by Gasteiger charge is -2.05. The van der Waals surface area contributed by atoms with Gasteiger partial charge in [-0.1, -0.05) is 0 Å². The lowest BCUT2D eigenvalue weighted by Crippen LogP contribution is -1.98. The molecule has 0 saturated carbocycles. The lowest BCUT2D eigenvalue weighted by molar-refractivity contribution is 0.316. The Kier molecular flexibility index (Phi) is 4.40. The van der Waals surface area contributed by atoms with Crippen LogP contribution >= 0.6 is 27.5 Å². The van der Waals surface area contributed by atoms with Gasteiger partial charge in [0, 0.05) is 18.3 Å². The number of aromatic nitrogens is 1. The Labute approximate surface area is 85.0 Å². The summed E-state index contributed by atoms with van der Waals surface area (Å²) in [5.74, 6) is 1.44. The van der Waals surface area contributed by atoms with Gasteiger partial charge in [0.05, 0.1) is 11.1 Å². The Hall–Kier alpha value is -0.280. The second-order valence-corrected chi connectivity index (χ2v) is 3.43. The van der Waals surface area contributed by atoms with Crippen molar-refractivity contribution in [3.63, 3.8) is 0 Å². The van der Waals surface area contributed by atoms with E-state index in [1.807, 2.05) is 6.07 Å². The zero-order valence-electron chi connectivity index (χ0n) is 6.46. The molecule has 0 N–H and O–H groups in total. The van der Waals surface area contributed by atoms with Crippen molar-refractivity contribution in [2.24, 2.45) is 0 Å². The van der Waals surface area contributed by atoms with E-state index < -0.39 is 0 Å². The van der Waals surface area contributed by atoms with Crippen LogP contribution in [0.15, 0.2) is 22.9 Å². The summed E-state index contributed by atoms with van der Waals surface area (Å²) in [5.41, 5.74) is 0. The van der Waals surface area contributed by atoms with Crippen LogP contribution in [0.1, 0.15) is 6.42 Å². The minimum absolute atomic E-state index is 0.628. The molecule has 0 saturated heterocycles. The zero-order valence-corrected chi connectivity index (χ0v) is 8.81. The van der Waals surface area contributed by atoms with Crippen LogP contribution in [0.4, 0.5) is 0 Å². The van der Waals surface area contributed by atoms with Gasteiger partial charge in [0.1, 0.15) is 5.75 Å². The predicted octanol–water partition coefficient (Wildman–Crippen LogP) is 2.85. The van der Waals surface area contributed by atoms with E-state index in [0.717, 1.165) is 16.6 Å². The van der Waals surface area contributed by atoms with Gasteiger partial charge in [-0.05, 0) is 28.4 Å². The van der Waals surface area contributed by atoms with Gasteiger partial charge in [0.2, 0.25) is 0 Å². The normalized spacial score (nSPS) is 9.83. The van der Waals surface area contributed by atoms with Crippen molar-refractivity contribution < 1.29 is 4.74 Å². The lowest BCUT2D eigenvalue weighted by atomic mass is 10.4. The Morgan fingerprint density at radius 3 is 3.08 bits per heavy atom. The van der Waals surface area contributed by atoms with E-state index in [2.05, 4.69) is 20.9 Å². The number of rotatable bonds is 4. The molecule has 2 nitrogen and oxygen atoms in total. The number of ether oxygens (including phenoxy) is 1. The molecule has 0 spiro atoms. The highest BCUT2D eigenvalue weighted by atomic mass is 79.9. The zero-order chi connectivity index (χ0) is 8.81. The maximum absolute atomic E-state index is 5.50. The monoisotopic (exact) mass is 249 g/mol. The number of hydrogen-bond acceptors (Lipinski definition) is 2. The van der Waals surface area contributed by atoms with E-state index in [0.29, 0.717) is 12.5 Å². The van der Waals surface area contributed by atoms with E-state index >= 15 is 0 Å². The fourth-order valence-corrected chi connectivity index (χ4v) is 1.19. The van der Waals surface area contributed by atoms with Crippen LogP contribution in [-0.4, -0.2) is 17.5 Å². The topological polar surface area (TPSA) is 22.1 Å². The summed E-state index contributed by atoms with van der Waals surface area (Å²) in [6, 6.07) is 1.82. The number of alkyl halides is 1. The molecule has 0 atom stereocenters. The van der Waals surface area contributed by atoms with Crippen LogP contribution in [0.25, 0.3) is 0 Å². The summed E-state index contributed by atoms with van der Waals surface area (Å²) in [5, 5.41) is 0. The number of nitrogens with zero attached hydrogens (tertiary/aromatic N) is 1. The summed E-state index contributed by atoms with van der Waals surface area (Å²) >= 11 is 8.83. The third kappa shape index (κ3) is 2.99. The van der Waals surface area contributed by atoms with Gasteiger partial charge in [-0.15, -0.1) is 11.6 Å². The van der Waals surface area contributed by atoms with Crippen molar-refractivity contribution >= 4 is 27.5 Å². The average Bonchev–Trinajstić information content (AvgIpc) is 2.09. The van der Waals surface area contributed by atoms with Crippen molar-refractivity contribution in [3.05, 3.63) is 22.9 Å². The van der Waals surface area contributed by atoms with E-state index in [9.17, 15) is 0 Å². The summed E-state index contributed by atoms with van der Waals surface area (Å²) in [6.07, 6.45) is 4.26. The summed E-state index contributed by atoms with van der Waals surface area (Å²) in [7, 11) is 0. The Morgan fingerprint density at radius 2 is 2.42 bits per heavy atom. The van der Waals surface area contributed by atoms with Gasteiger partial charge in [-0.25, -0.2) is 0 Å². The van der Waals surface area contributed by atoms with Gasteiger partial charge < -0.3 is 4.74 Å². The molecule has 0 unspecified atom stereocenters. The predicted molar refractivity (Wildman–Crippen MR) is 52.8 cm³/mol. The fraction of sp³-hybridized carbons (Fsp3) is 0.375. The van der Waals surface area contributed by atoms with Crippen LogP contribution in [0, 0.1) is 0 Å². The first-order valence-corrected chi connectivity index (χ1v) is 4.95. The standard InChI is InChI=1S/C8H9BrClNO/c9-7-6-11-4-2-8(7)12-5-1-3-10/h2,4,6H,1,3,5H2. The Morgan fingerprint density at radius 1 is 1.58 bits per heavy atom. The molecule has 4 heteroatoms. The maximum atomic E-state index is 5.50. The molecule has 0 aromatic carbocycles. The van der Waals surface area contributed by atoms with Gasteiger partial charge in [0.15, 0.2) is 0 Å². The molecule has 1 heterocycles. The third-order valence-electron chi connectivity index (χ3n) is 1.27. The number of pyridine rings is 1. The minimum Gasteiger partial charge on any atom is -0.492 e. The molecule has 12 heavy (non-hydrogen) atoms. The first kappa shape index (κ1) is 9.81. The SMILES string of the molecule is ClCCCOc1ccncc1Br. The molecule has 1 rings (SSSR count). The smallest absolute Gasteiger partial charge is 0.136 e. The van der Waals surface area contributed by atoms with Crippen molar-refractivity contribution in [1.29, 1.82) is 0 Å².